The van der Waals surface area contributed by atoms with Crippen LogP contribution in [0.5, 0.6) is 0 Å². The molecule has 0 heterocycles. The number of hydrogen-bond acceptors (Lipinski definition) is 2. The van der Waals surface area contributed by atoms with Crippen molar-refractivity contribution in [2.75, 3.05) is 6.54 Å². The third-order valence-corrected chi connectivity index (χ3v) is 5.87. The van der Waals surface area contributed by atoms with Gasteiger partial charge in [0.05, 0.1) is 5.41 Å². The summed E-state index contributed by atoms with van der Waals surface area (Å²) in [6, 6.07) is 0. The van der Waals surface area contributed by atoms with Crippen LogP contribution in [0.3, 0.4) is 0 Å². The van der Waals surface area contributed by atoms with Crippen molar-refractivity contribution in [2.45, 2.75) is 64.9 Å². The van der Waals surface area contributed by atoms with E-state index in [1.807, 2.05) is 0 Å². The van der Waals surface area contributed by atoms with Crippen LogP contribution in [0.15, 0.2) is 0 Å². The lowest BCUT2D eigenvalue weighted by atomic mass is 9.40. The smallest absolute Gasteiger partial charge is 0.265 e. The highest BCUT2D eigenvalue weighted by molar-refractivity contribution is 5.83. The summed E-state index contributed by atoms with van der Waals surface area (Å²) in [6.45, 7) is 4.19. The van der Waals surface area contributed by atoms with E-state index in [0.717, 1.165) is 19.3 Å². The van der Waals surface area contributed by atoms with Crippen molar-refractivity contribution in [3.05, 3.63) is 0 Å². The average Bonchev–Trinajstić information content (AvgIpc) is 2.30. The molecule has 0 saturated heterocycles. The number of nitrogens with one attached hydrogen (secondary N) is 1. The number of rotatable bonds is 4. The second-order valence-corrected chi connectivity index (χ2v) is 8.52. The van der Waals surface area contributed by atoms with E-state index in [2.05, 4.69) is 19.2 Å². The number of aliphatic hydroxyl groups excluding tert-OH is 1. The molecule has 4 saturated carbocycles. The van der Waals surface area contributed by atoms with Gasteiger partial charge in [-0.3, -0.25) is 4.79 Å². The Morgan fingerprint density at radius 3 is 2.24 bits per heavy atom. The zero-order valence-corrected chi connectivity index (χ0v) is 12.8. The van der Waals surface area contributed by atoms with Gasteiger partial charge in [0.1, 0.15) is 6.10 Å². The molecule has 4 aliphatic rings. The van der Waals surface area contributed by atoms with Crippen LogP contribution in [0.2, 0.25) is 0 Å². The maximum absolute atomic E-state index is 12.6. The molecule has 3 atom stereocenters. The summed E-state index contributed by atoms with van der Waals surface area (Å²) >= 11 is 0. The summed E-state index contributed by atoms with van der Waals surface area (Å²) in [6.07, 6.45) is 1.59. The van der Waals surface area contributed by atoms with Gasteiger partial charge in [-0.25, -0.2) is 8.78 Å². The first kappa shape index (κ1) is 15.2. The van der Waals surface area contributed by atoms with E-state index in [0.29, 0.717) is 5.92 Å². The van der Waals surface area contributed by atoms with Crippen molar-refractivity contribution >= 4 is 5.91 Å². The van der Waals surface area contributed by atoms with Crippen LogP contribution < -0.4 is 5.32 Å². The quantitative estimate of drug-likeness (QED) is 0.839. The number of amides is 1. The van der Waals surface area contributed by atoms with E-state index >= 15 is 0 Å². The van der Waals surface area contributed by atoms with Crippen LogP contribution in [0.25, 0.3) is 0 Å². The molecule has 0 aromatic carbocycles. The summed E-state index contributed by atoms with van der Waals surface area (Å²) in [4.78, 5) is 12.6. The molecule has 4 bridgehead atoms. The lowest BCUT2D eigenvalue weighted by Gasteiger charge is -2.64. The van der Waals surface area contributed by atoms with Crippen LogP contribution in [-0.2, 0) is 4.79 Å². The van der Waals surface area contributed by atoms with Gasteiger partial charge in [0, 0.05) is 6.54 Å². The Balaban J connectivity index is 1.74. The Bertz CT molecular complexity index is 436. The van der Waals surface area contributed by atoms with Crippen molar-refractivity contribution in [3.8, 4) is 0 Å². The Labute approximate surface area is 124 Å². The first-order valence-electron chi connectivity index (χ1n) is 7.90. The number of aliphatic hydroxyl groups is 1. The molecule has 5 heteroatoms. The van der Waals surface area contributed by atoms with Crippen molar-refractivity contribution in [3.63, 3.8) is 0 Å². The van der Waals surface area contributed by atoms with E-state index in [1.54, 1.807) is 0 Å². The monoisotopic (exact) mass is 301 g/mol. The fourth-order valence-electron chi connectivity index (χ4n) is 6.17. The predicted molar refractivity (Wildman–Crippen MR) is 74.9 cm³/mol. The third-order valence-electron chi connectivity index (χ3n) is 5.87. The number of halogens is 2. The summed E-state index contributed by atoms with van der Waals surface area (Å²) in [5.41, 5.74) is 0.0322. The molecular weight excluding hydrogens is 276 g/mol. The van der Waals surface area contributed by atoms with E-state index in [9.17, 15) is 18.7 Å². The van der Waals surface area contributed by atoms with Crippen LogP contribution in [0, 0.1) is 22.2 Å². The Morgan fingerprint density at radius 2 is 1.76 bits per heavy atom. The summed E-state index contributed by atoms with van der Waals surface area (Å²) in [5.74, 6) is 0.464. The van der Waals surface area contributed by atoms with Gasteiger partial charge >= 0.3 is 0 Å². The van der Waals surface area contributed by atoms with Gasteiger partial charge in [0.2, 0.25) is 5.91 Å². The molecule has 1 amide bonds. The summed E-state index contributed by atoms with van der Waals surface area (Å²) < 4.78 is 24.7. The maximum Gasteiger partial charge on any atom is 0.265 e. The highest BCUT2D eigenvalue weighted by atomic mass is 19.3. The SMILES string of the molecule is CC12CC3CC(C)(C1)CC(C(=O)NCC(O)C(F)F)(C3)C2. The molecule has 4 aliphatic carbocycles. The van der Waals surface area contributed by atoms with Gasteiger partial charge in [-0.2, -0.15) is 0 Å². The van der Waals surface area contributed by atoms with Gasteiger partial charge in [0.15, 0.2) is 0 Å². The molecule has 4 fully saturated rings. The minimum absolute atomic E-state index is 0.122. The zero-order valence-electron chi connectivity index (χ0n) is 12.8. The van der Waals surface area contributed by atoms with Gasteiger partial charge in [0.25, 0.3) is 6.43 Å². The normalized spacial score (nSPS) is 45.9. The Morgan fingerprint density at radius 1 is 1.19 bits per heavy atom. The van der Waals surface area contributed by atoms with E-state index in [1.165, 1.54) is 19.3 Å². The molecular formula is C16H25F2NO2. The highest BCUT2D eigenvalue weighted by Crippen LogP contribution is 2.69. The average molecular weight is 301 g/mol. The van der Waals surface area contributed by atoms with Crippen molar-refractivity contribution in [2.24, 2.45) is 22.2 Å². The minimum atomic E-state index is -2.81. The van der Waals surface area contributed by atoms with E-state index in [4.69, 9.17) is 0 Å². The van der Waals surface area contributed by atoms with Crippen LogP contribution in [0.1, 0.15) is 52.4 Å². The van der Waals surface area contributed by atoms with Crippen molar-refractivity contribution < 1.29 is 18.7 Å². The topological polar surface area (TPSA) is 49.3 Å². The molecule has 3 nitrogen and oxygen atoms in total. The molecule has 0 aliphatic heterocycles. The largest absolute Gasteiger partial charge is 0.385 e. The lowest BCUT2D eigenvalue weighted by Crippen LogP contribution is -2.60. The Hall–Kier alpha value is -0.710. The van der Waals surface area contributed by atoms with Gasteiger partial charge < -0.3 is 10.4 Å². The second kappa shape index (κ2) is 4.64. The highest BCUT2D eigenvalue weighted by Gasteiger charge is 2.62. The van der Waals surface area contributed by atoms with Crippen LogP contribution in [0.4, 0.5) is 8.78 Å². The fraction of sp³-hybridized carbons (Fsp3) is 0.938. The first-order chi connectivity index (χ1) is 9.65. The maximum atomic E-state index is 12.6. The molecule has 0 radical (unpaired) electrons. The number of carbonyl (C=O) groups excluding carboxylic acids is 1. The molecule has 0 aromatic rings. The third kappa shape index (κ3) is 2.58. The fourth-order valence-corrected chi connectivity index (χ4v) is 6.17. The lowest BCUT2D eigenvalue weighted by molar-refractivity contribution is -0.170. The van der Waals surface area contributed by atoms with E-state index in [-0.39, 0.29) is 23.3 Å². The molecule has 4 rings (SSSR count). The summed E-state index contributed by atoms with van der Waals surface area (Å²) in [7, 11) is 0. The first-order valence-corrected chi connectivity index (χ1v) is 7.90. The molecule has 0 aromatic heterocycles. The second-order valence-electron chi connectivity index (χ2n) is 8.52. The zero-order chi connectivity index (χ0) is 15.5. The molecule has 120 valence electrons. The van der Waals surface area contributed by atoms with Gasteiger partial charge in [-0.05, 0) is 55.3 Å². The number of alkyl halides is 2. The molecule has 0 spiro atoms. The minimum Gasteiger partial charge on any atom is -0.385 e. The van der Waals surface area contributed by atoms with Crippen LogP contribution in [-0.4, -0.2) is 30.1 Å². The molecule has 3 unspecified atom stereocenters. The standard InChI is InChI=1S/C16H25F2NO2/c1-14-3-10-4-15(2,7-14)9-16(5-10,8-14)13(21)19-6-11(20)12(17)18/h10-12,20H,3-9H2,1-2H3,(H,19,21). The number of carbonyl (C=O) groups is 1. The van der Waals surface area contributed by atoms with Crippen LogP contribution >= 0.6 is 0 Å². The number of hydrogen-bond donors (Lipinski definition) is 2. The van der Waals surface area contributed by atoms with Gasteiger partial charge in [-0.1, -0.05) is 13.8 Å². The predicted octanol–water partition coefficient (Wildman–Crippen LogP) is 2.73. The molecule has 2 N–H and O–H groups in total. The van der Waals surface area contributed by atoms with Gasteiger partial charge in [-0.15, -0.1) is 0 Å². The van der Waals surface area contributed by atoms with Crippen molar-refractivity contribution in [1.82, 2.24) is 5.32 Å². The van der Waals surface area contributed by atoms with E-state index < -0.39 is 17.9 Å². The summed E-state index contributed by atoms with van der Waals surface area (Å²) in [5, 5.41) is 11.8. The van der Waals surface area contributed by atoms with Crippen molar-refractivity contribution in [1.29, 1.82) is 0 Å². The molecule has 21 heavy (non-hydrogen) atoms. The Kier molecular flexibility index (Phi) is 3.36.